The van der Waals surface area contributed by atoms with E-state index in [9.17, 15) is 4.79 Å². The number of hydrogen-bond acceptors (Lipinski definition) is 5. The van der Waals surface area contributed by atoms with E-state index in [4.69, 9.17) is 20.8 Å². The lowest BCUT2D eigenvalue weighted by atomic mass is 10.1. The Morgan fingerprint density at radius 3 is 2.66 bits per heavy atom. The maximum absolute atomic E-state index is 11.4. The first-order valence-electron chi connectivity index (χ1n) is 9.99. The first-order valence-corrected chi connectivity index (χ1v) is 10.4. The van der Waals surface area contributed by atoms with Crippen LogP contribution in [-0.4, -0.2) is 44.2 Å². The highest BCUT2D eigenvalue weighted by Gasteiger charge is 2.18. The molecule has 0 radical (unpaired) electrons. The molecular weight excluding hydrogens is 388 g/mol. The lowest BCUT2D eigenvalue weighted by Crippen LogP contribution is -2.47. The predicted octanol–water partition coefficient (Wildman–Crippen LogP) is 4.35. The van der Waals surface area contributed by atoms with Gasteiger partial charge in [0.2, 0.25) is 0 Å². The Balaban J connectivity index is 1.23. The molecule has 4 rings (SSSR count). The average molecular weight is 413 g/mol. The molecule has 0 atom stereocenters. The molecule has 1 aliphatic heterocycles. The van der Waals surface area contributed by atoms with Crippen LogP contribution in [0.4, 0.5) is 5.69 Å². The van der Waals surface area contributed by atoms with Gasteiger partial charge in [-0.2, -0.15) is 0 Å². The van der Waals surface area contributed by atoms with E-state index >= 15 is 0 Å². The Labute approximate surface area is 175 Å². The molecule has 0 saturated carbocycles. The van der Waals surface area contributed by atoms with E-state index in [1.807, 2.05) is 18.2 Å². The molecule has 1 aliphatic rings. The van der Waals surface area contributed by atoms with Crippen LogP contribution in [0.2, 0.25) is 5.02 Å². The largest absolute Gasteiger partial charge is 0.493 e. The minimum atomic E-state index is -0.346. The Hall–Kier alpha value is -2.50. The van der Waals surface area contributed by atoms with E-state index in [1.165, 1.54) is 17.3 Å². The maximum atomic E-state index is 11.4. The highest BCUT2D eigenvalue weighted by Crippen LogP contribution is 2.25. The maximum Gasteiger partial charge on any atom is 0.336 e. The highest BCUT2D eigenvalue weighted by molar-refractivity contribution is 6.30. The van der Waals surface area contributed by atoms with Crippen molar-refractivity contribution in [2.45, 2.75) is 13.3 Å². The van der Waals surface area contributed by atoms with Gasteiger partial charge in [-0.25, -0.2) is 4.79 Å². The molecule has 1 fully saturated rings. The van der Waals surface area contributed by atoms with Crippen LogP contribution in [0.5, 0.6) is 5.75 Å². The van der Waals surface area contributed by atoms with Crippen molar-refractivity contribution in [3.63, 3.8) is 0 Å². The van der Waals surface area contributed by atoms with Crippen LogP contribution in [-0.2, 0) is 0 Å². The second kappa shape index (κ2) is 8.89. The molecule has 2 aromatic carbocycles. The number of ether oxygens (including phenoxy) is 1. The Morgan fingerprint density at radius 2 is 1.83 bits per heavy atom. The van der Waals surface area contributed by atoms with Gasteiger partial charge in [-0.15, -0.1) is 0 Å². The van der Waals surface area contributed by atoms with Gasteiger partial charge in [-0.1, -0.05) is 17.7 Å². The quantitative estimate of drug-likeness (QED) is 0.445. The van der Waals surface area contributed by atoms with Gasteiger partial charge in [-0.3, -0.25) is 4.90 Å². The third-order valence-corrected chi connectivity index (χ3v) is 5.60. The van der Waals surface area contributed by atoms with E-state index in [0.717, 1.165) is 55.3 Å². The fourth-order valence-corrected chi connectivity index (χ4v) is 3.91. The molecule has 3 aromatic rings. The summed E-state index contributed by atoms with van der Waals surface area (Å²) in [5, 5.41) is 1.68. The van der Waals surface area contributed by atoms with Crippen molar-refractivity contribution in [3.8, 4) is 5.75 Å². The standard InChI is InChI=1S/C23H25ClN2O3/c1-17-3-6-19(24)15-21(17)26-12-10-25(11-13-26)9-2-14-28-20-7-4-18-5-8-23(27)29-22(18)16-20/h3-8,15-16H,2,9-14H2,1H3. The number of rotatable bonds is 6. The minimum absolute atomic E-state index is 0.346. The number of aryl methyl sites for hydroxylation is 1. The van der Waals surface area contributed by atoms with Crippen molar-refractivity contribution in [2.75, 3.05) is 44.2 Å². The highest BCUT2D eigenvalue weighted by atomic mass is 35.5. The lowest BCUT2D eigenvalue weighted by Gasteiger charge is -2.36. The molecule has 0 spiro atoms. The molecule has 5 nitrogen and oxygen atoms in total. The number of anilines is 1. The predicted molar refractivity (Wildman–Crippen MR) is 117 cm³/mol. The van der Waals surface area contributed by atoms with Gasteiger partial charge in [0.1, 0.15) is 11.3 Å². The van der Waals surface area contributed by atoms with Gasteiger partial charge in [0, 0.05) is 61.0 Å². The molecule has 152 valence electrons. The van der Waals surface area contributed by atoms with Crippen molar-refractivity contribution < 1.29 is 9.15 Å². The molecule has 6 heteroatoms. The summed E-state index contributed by atoms with van der Waals surface area (Å²) in [7, 11) is 0. The summed E-state index contributed by atoms with van der Waals surface area (Å²) in [5.41, 5.74) is 2.72. The second-order valence-corrected chi connectivity index (χ2v) is 7.85. The van der Waals surface area contributed by atoms with Gasteiger partial charge >= 0.3 is 5.63 Å². The van der Waals surface area contributed by atoms with Crippen LogP contribution in [0.25, 0.3) is 11.0 Å². The molecule has 0 bridgehead atoms. The van der Waals surface area contributed by atoms with Crippen molar-refractivity contribution in [1.29, 1.82) is 0 Å². The normalized spacial score (nSPS) is 15.0. The van der Waals surface area contributed by atoms with Crippen molar-refractivity contribution in [3.05, 3.63) is 69.5 Å². The molecule has 0 amide bonds. The number of benzene rings is 2. The Morgan fingerprint density at radius 1 is 1.03 bits per heavy atom. The number of halogens is 1. The number of nitrogens with zero attached hydrogens (tertiary/aromatic N) is 2. The van der Waals surface area contributed by atoms with Crippen LogP contribution in [0.3, 0.4) is 0 Å². The molecule has 29 heavy (non-hydrogen) atoms. The topological polar surface area (TPSA) is 45.9 Å². The number of piperazine rings is 1. The van der Waals surface area contributed by atoms with Crippen molar-refractivity contribution >= 4 is 28.3 Å². The van der Waals surface area contributed by atoms with Gasteiger partial charge in [0.05, 0.1) is 6.61 Å². The van der Waals surface area contributed by atoms with E-state index in [0.29, 0.717) is 12.2 Å². The summed E-state index contributed by atoms with van der Waals surface area (Å²) in [4.78, 5) is 16.2. The van der Waals surface area contributed by atoms with Gasteiger partial charge < -0.3 is 14.1 Å². The number of hydrogen-bond donors (Lipinski definition) is 0. The van der Waals surface area contributed by atoms with Gasteiger partial charge in [0.25, 0.3) is 0 Å². The van der Waals surface area contributed by atoms with Crippen LogP contribution in [0, 0.1) is 6.92 Å². The van der Waals surface area contributed by atoms with Crippen LogP contribution in [0.1, 0.15) is 12.0 Å². The van der Waals surface area contributed by atoms with Crippen molar-refractivity contribution in [2.24, 2.45) is 0 Å². The Bertz CT molecular complexity index is 1040. The molecule has 2 heterocycles. The summed E-state index contributed by atoms with van der Waals surface area (Å²) in [6, 6.07) is 14.9. The molecule has 0 aliphatic carbocycles. The van der Waals surface area contributed by atoms with E-state index in [-0.39, 0.29) is 5.63 Å². The third-order valence-electron chi connectivity index (χ3n) is 5.37. The van der Waals surface area contributed by atoms with E-state index in [2.05, 4.69) is 28.9 Å². The Kier molecular flexibility index (Phi) is 6.07. The summed E-state index contributed by atoms with van der Waals surface area (Å²) < 4.78 is 11.1. The lowest BCUT2D eigenvalue weighted by molar-refractivity contribution is 0.224. The van der Waals surface area contributed by atoms with Crippen LogP contribution in [0.15, 0.2) is 57.7 Å². The first kappa shape index (κ1) is 19.8. The molecule has 0 unspecified atom stereocenters. The smallest absolute Gasteiger partial charge is 0.336 e. The monoisotopic (exact) mass is 412 g/mol. The summed E-state index contributed by atoms with van der Waals surface area (Å²) in [5.74, 6) is 0.730. The zero-order valence-electron chi connectivity index (χ0n) is 16.6. The zero-order chi connectivity index (χ0) is 20.2. The van der Waals surface area contributed by atoms with Gasteiger partial charge in [-0.05, 0) is 49.2 Å². The molecule has 0 N–H and O–H groups in total. The number of fused-ring (bicyclic) bond motifs is 1. The summed E-state index contributed by atoms with van der Waals surface area (Å²) in [6.45, 7) is 7.85. The average Bonchev–Trinajstić information content (AvgIpc) is 2.73. The SMILES string of the molecule is Cc1ccc(Cl)cc1N1CCN(CCCOc2ccc3ccc(=O)oc3c2)CC1. The van der Waals surface area contributed by atoms with E-state index in [1.54, 1.807) is 12.1 Å². The van der Waals surface area contributed by atoms with Gasteiger partial charge in [0.15, 0.2) is 0 Å². The zero-order valence-corrected chi connectivity index (χ0v) is 17.3. The first-order chi connectivity index (χ1) is 14.1. The van der Waals surface area contributed by atoms with Crippen LogP contribution >= 0.6 is 11.6 Å². The fourth-order valence-electron chi connectivity index (χ4n) is 3.74. The minimum Gasteiger partial charge on any atom is -0.493 e. The van der Waals surface area contributed by atoms with Crippen LogP contribution < -0.4 is 15.3 Å². The second-order valence-electron chi connectivity index (χ2n) is 7.42. The summed E-state index contributed by atoms with van der Waals surface area (Å²) in [6.07, 6.45) is 0.951. The van der Waals surface area contributed by atoms with E-state index < -0.39 is 0 Å². The molecule has 1 saturated heterocycles. The molecular formula is C23H25ClN2O3. The molecule has 1 aromatic heterocycles. The fraction of sp³-hybridized carbons (Fsp3) is 0.348. The third kappa shape index (κ3) is 4.92. The summed E-state index contributed by atoms with van der Waals surface area (Å²) >= 11 is 6.17. The van der Waals surface area contributed by atoms with Crippen molar-refractivity contribution in [1.82, 2.24) is 4.90 Å².